The molecule has 0 aromatic carbocycles. The molecule has 0 aliphatic heterocycles. The van der Waals surface area contributed by atoms with Crippen molar-refractivity contribution in [1.82, 2.24) is 9.71 Å². The van der Waals surface area contributed by atoms with Crippen LogP contribution in [0.15, 0.2) is 4.21 Å². The predicted octanol–water partition coefficient (Wildman–Crippen LogP) is 1.25. The van der Waals surface area contributed by atoms with Gasteiger partial charge in [0, 0.05) is 5.54 Å². The van der Waals surface area contributed by atoms with Crippen molar-refractivity contribution in [2.75, 3.05) is 5.73 Å². The van der Waals surface area contributed by atoms with Crippen LogP contribution >= 0.6 is 11.3 Å². The maximum Gasteiger partial charge on any atom is 0.252 e. The molecule has 1 aromatic rings. The molecule has 1 aliphatic rings. The highest BCUT2D eigenvalue weighted by Gasteiger charge is 2.37. The fraction of sp³-hybridized carbons (Fsp3) is 0.667. The Kier molecular flexibility index (Phi) is 2.72. The van der Waals surface area contributed by atoms with Crippen molar-refractivity contribution in [3.63, 3.8) is 0 Å². The summed E-state index contributed by atoms with van der Waals surface area (Å²) >= 11 is 1.01. The summed E-state index contributed by atoms with van der Waals surface area (Å²) in [6, 6.07) is 0. The molecule has 1 aromatic heterocycles. The van der Waals surface area contributed by atoms with Gasteiger partial charge in [0.25, 0.3) is 10.0 Å². The third-order valence-electron chi connectivity index (χ3n) is 2.85. The molecule has 0 saturated heterocycles. The summed E-state index contributed by atoms with van der Waals surface area (Å²) in [5, 5.41) is 0.289. The molecule has 1 fully saturated rings. The Morgan fingerprint density at radius 2 is 2.12 bits per heavy atom. The average molecular weight is 261 g/mol. The number of aryl methyl sites for hydroxylation is 1. The highest BCUT2D eigenvalue weighted by atomic mass is 32.2. The molecule has 1 saturated carbocycles. The van der Waals surface area contributed by atoms with Crippen LogP contribution in [0.2, 0.25) is 0 Å². The van der Waals surface area contributed by atoms with E-state index in [1.807, 2.05) is 6.92 Å². The lowest BCUT2D eigenvalue weighted by Gasteiger charge is -2.38. The Bertz CT molecular complexity index is 503. The largest absolute Gasteiger partial charge is 0.375 e. The van der Waals surface area contributed by atoms with Gasteiger partial charge in [-0.25, -0.2) is 18.1 Å². The van der Waals surface area contributed by atoms with E-state index in [4.69, 9.17) is 5.73 Å². The van der Waals surface area contributed by atoms with Gasteiger partial charge in [-0.1, -0.05) is 11.3 Å². The molecular formula is C9H15N3O2S2. The van der Waals surface area contributed by atoms with Gasteiger partial charge in [-0.2, -0.15) is 0 Å². The summed E-state index contributed by atoms with van der Waals surface area (Å²) in [6.45, 7) is 3.58. The first-order valence-electron chi connectivity index (χ1n) is 5.09. The lowest BCUT2D eigenvalue weighted by atomic mass is 9.80. The van der Waals surface area contributed by atoms with Gasteiger partial charge in [0.2, 0.25) is 0 Å². The summed E-state index contributed by atoms with van der Waals surface area (Å²) in [5.41, 5.74) is 5.68. The third kappa shape index (κ3) is 2.07. The summed E-state index contributed by atoms with van der Waals surface area (Å²) in [7, 11) is -3.46. The standard InChI is InChI=1S/C9H15N3O2S2/c1-6-7(15-8(10)11-6)16(13,14)12-9(2)4-3-5-9/h12H,3-5H2,1-2H3,(H2,10,11). The van der Waals surface area contributed by atoms with Crippen LogP contribution < -0.4 is 10.5 Å². The SMILES string of the molecule is Cc1nc(N)sc1S(=O)(=O)NC1(C)CCC1. The second-order valence-electron chi connectivity index (χ2n) is 4.44. The summed E-state index contributed by atoms with van der Waals surface area (Å²) in [6.07, 6.45) is 2.85. The predicted molar refractivity (Wildman–Crippen MR) is 63.8 cm³/mol. The van der Waals surface area contributed by atoms with Gasteiger partial charge in [-0.05, 0) is 33.1 Å². The fourth-order valence-electron chi connectivity index (χ4n) is 1.83. The minimum absolute atomic E-state index is 0.234. The van der Waals surface area contributed by atoms with Gasteiger partial charge < -0.3 is 5.73 Å². The number of nitrogens with one attached hydrogen (secondary N) is 1. The second kappa shape index (κ2) is 3.68. The van der Waals surface area contributed by atoms with Crippen LogP contribution in [0, 0.1) is 6.92 Å². The van der Waals surface area contributed by atoms with E-state index >= 15 is 0 Å². The number of sulfonamides is 1. The van der Waals surface area contributed by atoms with Gasteiger partial charge in [-0.15, -0.1) is 0 Å². The molecule has 0 amide bonds. The average Bonchev–Trinajstić information content (AvgIpc) is 2.42. The first-order chi connectivity index (χ1) is 7.32. The summed E-state index contributed by atoms with van der Waals surface area (Å²) < 4.78 is 27.1. The zero-order valence-electron chi connectivity index (χ0n) is 9.28. The van der Waals surface area contributed by atoms with Crippen molar-refractivity contribution >= 4 is 26.5 Å². The highest BCUT2D eigenvalue weighted by Crippen LogP contribution is 2.34. The van der Waals surface area contributed by atoms with E-state index in [0.29, 0.717) is 5.69 Å². The van der Waals surface area contributed by atoms with Crippen molar-refractivity contribution in [1.29, 1.82) is 0 Å². The van der Waals surface area contributed by atoms with Crippen LogP contribution in [0.5, 0.6) is 0 Å². The third-order valence-corrected chi connectivity index (χ3v) is 6.09. The summed E-state index contributed by atoms with van der Waals surface area (Å²) in [5.74, 6) is 0. The zero-order chi connectivity index (χ0) is 12.0. The van der Waals surface area contributed by atoms with Crippen molar-refractivity contribution in [3.05, 3.63) is 5.69 Å². The van der Waals surface area contributed by atoms with Crippen LogP contribution in [0.25, 0.3) is 0 Å². The molecule has 0 spiro atoms. The van der Waals surface area contributed by atoms with Gasteiger partial charge in [0.05, 0.1) is 5.69 Å². The lowest BCUT2D eigenvalue weighted by Crippen LogP contribution is -2.50. The molecule has 5 nitrogen and oxygen atoms in total. The van der Waals surface area contributed by atoms with E-state index in [0.717, 1.165) is 30.6 Å². The number of rotatable bonds is 3. The quantitative estimate of drug-likeness (QED) is 0.857. The number of nitrogens with zero attached hydrogens (tertiary/aromatic N) is 1. The van der Waals surface area contributed by atoms with E-state index in [9.17, 15) is 8.42 Å². The van der Waals surface area contributed by atoms with Crippen LogP contribution in [-0.2, 0) is 10.0 Å². The highest BCUT2D eigenvalue weighted by molar-refractivity contribution is 7.91. The number of thiazole rings is 1. The van der Waals surface area contributed by atoms with E-state index in [2.05, 4.69) is 9.71 Å². The molecule has 1 heterocycles. The number of aromatic nitrogens is 1. The Morgan fingerprint density at radius 3 is 2.50 bits per heavy atom. The van der Waals surface area contributed by atoms with Gasteiger partial charge in [0.1, 0.15) is 0 Å². The van der Waals surface area contributed by atoms with Gasteiger partial charge in [0.15, 0.2) is 9.34 Å². The van der Waals surface area contributed by atoms with Gasteiger partial charge in [-0.3, -0.25) is 0 Å². The smallest absolute Gasteiger partial charge is 0.252 e. The molecule has 16 heavy (non-hydrogen) atoms. The van der Waals surface area contributed by atoms with Gasteiger partial charge >= 0.3 is 0 Å². The minimum Gasteiger partial charge on any atom is -0.375 e. The molecule has 3 N–H and O–H groups in total. The van der Waals surface area contributed by atoms with Crippen LogP contribution in [0.4, 0.5) is 5.13 Å². The second-order valence-corrected chi connectivity index (χ2v) is 7.35. The number of hydrogen-bond acceptors (Lipinski definition) is 5. The topological polar surface area (TPSA) is 85.1 Å². The molecule has 0 bridgehead atoms. The molecule has 7 heteroatoms. The van der Waals surface area contributed by atoms with Crippen molar-refractivity contribution in [2.45, 2.75) is 42.9 Å². The van der Waals surface area contributed by atoms with Crippen LogP contribution in [0.3, 0.4) is 0 Å². The molecule has 1 aliphatic carbocycles. The van der Waals surface area contributed by atoms with Crippen LogP contribution in [0.1, 0.15) is 31.9 Å². The first-order valence-corrected chi connectivity index (χ1v) is 7.39. The molecule has 2 rings (SSSR count). The molecule has 90 valence electrons. The Balaban J connectivity index is 2.28. The van der Waals surface area contributed by atoms with Crippen molar-refractivity contribution in [3.8, 4) is 0 Å². The molecule has 0 radical (unpaired) electrons. The number of nitrogen functional groups attached to an aromatic ring is 1. The summed E-state index contributed by atoms with van der Waals surface area (Å²) in [4.78, 5) is 3.93. The number of anilines is 1. The van der Waals surface area contributed by atoms with E-state index in [1.165, 1.54) is 0 Å². The van der Waals surface area contributed by atoms with E-state index in [1.54, 1.807) is 6.92 Å². The zero-order valence-corrected chi connectivity index (χ0v) is 10.9. The van der Waals surface area contributed by atoms with Crippen molar-refractivity contribution in [2.24, 2.45) is 0 Å². The van der Waals surface area contributed by atoms with Crippen LogP contribution in [-0.4, -0.2) is 18.9 Å². The molecular weight excluding hydrogens is 246 g/mol. The minimum atomic E-state index is -3.46. The molecule has 0 unspecified atom stereocenters. The fourth-order valence-corrected chi connectivity index (χ4v) is 4.60. The lowest BCUT2D eigenvalue weighted by molar-refractivity contribution is 0.248. The Hall–Kier alpha value is -0.660. The van der Waals surface area contributed by atoms with Crippen molar-refractivity contribution < 1.29 is 8.42 Å². The maximum absolute atomic E-state index is 12.1. The van der Waals surface area contributed by atoms with E-state index in [-0.39, 0.29) is 14.9 Å². The van der Waals surface area contributed by atoms with E-state index < -0.39 is 10.0 Å². The number of nitrogens with two attached hydrogens (primary N) is 1. The Labute approximate surface area is 99.1 Å². The number of hydrogen-bond donors (Lipinski definition) is 2. The Morgan fingerprint density at radius 1 is 1.50 bits per heavy atom. The first kappa shape index (κ1) is 11.8. The molecule has 0 atom stereocenters. The maximum atomic E-state index is 12.1. The normalized spacial score (nSPS) is 19.4. The monoisotopic (exact) mass is 261 g/mol.